The van der Waals surface area contributed by atoms with Crippen LogP contribution in [0.5, 0.6) is 0 Å². The number of benzene rings is 1. The number of carbonyl (C=O) groups is 3. The summed E-state index contributed by atoms with van der Waals surface area (Å²) in [5.74, 6) is -6.03. The van der Waals surface area contributed by atoms with Gasteiger partial charge in [-0.1, -0.05) is 11.3 Å². The van der Waals surface area contributed by atoms with Crippen molar-refractivity contribution in [3.8, 4) is 11.4 Å². The van der Waals surface area contributed by atoms with Gasteiger partial charge in [-0.3, -0.25) is 9.78 Å². The normalized spacial score (nSPS) is 13.4. The molecule has 0 radical (unpaired) electrons. The Morgan fingerprint density at radius 1 is 1.03 bits per heavy atom. The summed E-state index contributed by atoms with van der Waals surface area (Å²) in [4.78, 5) is 37.8. The van der Waals surface area contributed by atoms with Crippen LogP contribution in [0.25, 0.3) is 11.4 Å². The monoisotopic (exact) mass is 532 g/mol. The lowest BCUT2D eigenvalue weighted by Crippen LogP contribution is -2.41. The van der Waals surface area contributed by atoms with Crippen LogP contribution >= 0.6 is 0 Å². The van der Waals surface area contributed by atoms with Crippen LogP contribution in [0, 0.1) is 17.5 Å². The first-order valence-electron chi connectivity index (χ1n) is 11.2. The summed E-state index contributed by atoms with van der Waals surface area (Å²) in [6.07, 6.45) is 2.63. The molecular formula is C24H23F3N6O5. The van der Waals surface area contributed by atoms with E-state index in [1.807, 2.05) is 12.1 Å². The van der Waals surface area contributed by atoms with E-state index in [1.54, 1.807) is 21.8 Å². The van der Waals surface area contributed by atoms with Crippen LogP contribution in [0.15, 0.2) is 48.7 Å². The lowest BCUT2D eigenvalue weighted by Gasteiger charge is -2.28. The largest absolute Gasteiger partial charge is 0.478 e. The first-order chi connectivity index (χ1) is 18.0. The fourth-order valence-electron chi connectivity index (χ4n) is 3.63. The second kappa shape index (κ2) is 12.6. The molecule has 4 rings (SSSR count). The van der Waals surface area contributed by atoms with Gasteiger partial charge in [0.25, 0.3) is 0 Å². The van der Waals surface area contributed by atoms with Gasteiger partial charge in [0.1, 0.15) is 11.5 Å². The van der Waals surface area contributed by atoms with E-state index in [0.717, 1.165) is 11.8 Å². The van der Waals surface area contributed by atoms with Crippen LogP contribution in [0.4, 0.5) is 13.2 Å². The van der Waals surface area contributed by atoms with E-state index >= 15 is 0 Å². The van der Waals surface area contributed by atoms with Crippen LogP contribution in [-0.4, -0.2) is 65.5 Å². The average molecular weight is 532 g/mol. The van der Waals surface area contributed by atoms with E-state index < -0.39 is 35.4 Å². The van der Waals surface area contributed by atoms with Crippen molar-refractivity contribution in [2.75, 3.05) is 6.54 Å². The maximum Gasteiger partial charge on any atom is 0.328 e. The van der Waals surface area contributed by atoms with Crippen molar-refractivity contribution in [3.63, 3.8) is 0 Å². The zero-order valence-corrected chi connectivity index (χ0v) is 19.8. The molecule has 38 heavy (non-hydrogen) atoms. The summed E-state index contributed by atoms with van der Waals surface area (Å²) in [6, 6.07) is 5.98. The number of fused-ring (bicyclic) bond motifs is 1. The second-order valence-corrected chi connectivity index (χ2v) is 8.17. The molecule has 0 spiro atoms. The van der Waals surface area contributed by atoms with Crippen molar-refractivity contribution in [1.82, 2.24) is 24.9 Å². The minimum absolute atomic E-state index is 0.0566. The van der Waals surface area contributed by atoms with Gasteiger partial charge in [0.05, 0.1) is 24.5 Å². The number of amides is 1. The third kappa shape index (κ3) is 7.46. The number of halogens is 3. The number of nitrogens with zero attached hydrogens (tertiary/aromatic N) is 5. The number of hydrogen-bond donors (Lipinski definition) is 3. The summed E-state index contributed by atoms with van der Waals surface area (Å²) < 4.78 is 42.0. The Hall–Kier alpha value is -4.59. The van der Waals surface area contributed by atoms with Crippen molar-refractivity contribution in [2.24, 2.45) is 5.73 Å². The SMILES string of the molecule is N[C@@H](CC(=O)N1CCn2nnc(-c3ccccn3)c2C1)Cc1cc(F)c(F)cc1F.O=C(O)/C=C/C(=O)O. The molecule has 0 bridgehead atoms. The molecule has 1 aliphatic heterocycles. The highest BCUT2D eigenvalue weighted by molar-refractivity contribution is 5.89. The number of carbonyl (C=O) groups excluding carboxylic acids is 1. The molecule has 0 saturated heterocycles. The Morgan fingerprint density at radius 3 is 2.34 bits per heavy atom. The molecule has 3 heterocycles. The maximum absolute atomic E-state index is 13.8. The summed E-state index contributed by atoms with van der Waals surface area (Å²) >= 11 is 0. The number of aliphatic carboxylic acids is 2. The molecule has 0 aliphatic carbocycles. The first kappa shape index (κ1) is 28.0. The number of rotatable bonds is 7. The molecule has 4 N–H and O–H groups in total. The molecule has 0 unspecified atom stereocenters. The Kier molecular flexibility index (Phi) is 9.27. The summed E-state index contributed by atoms with van der Waals surface area (Å²) in [5, 5.41) is 23.9. The molecule has 1 aliphatic rings. The highest BCUT2D eigenvalue weighted by Gasteiger charge is 2.27. The predicted octanol–water partition coefficient (Wildman–Crippen LogP) is 1.77. The molecule has 0 saturated carbocycles. The first-order valence-corrected chi connectivity index (χ1v) is 11.2. The summed E-state index contributed by atoms with van der Waals surface area (Å²) in [7, 11) is 0. The van der Waals surface area contributed by atoms with E-state index in [4.69, 9.17) is 15.9 Å². The minimum atomic E-state index is -1.26. The second-order valence-electron chi connectivity index (χ2n) is 8.17. The smallest absolute Gasteiger partial charge is 0.328 e. The topological polar surface area (TPSA) is 165 Å². The number of hydrogen-bond acceptors (Lipinski definition) is 7. The zero-order valence-electron chi connectivity index (χ0n) is 19.8. The highest BCUT2D eigenvalue weighted by atomic mass is 19.2. The van der Waals surface area contributed by atoms with Gasteiger partial charge >= 0.3 is 11.9 Å². The molecule has 200 valence electrons. The van der Waals surface area contributed by atoms with Gasteiger partial charge in [-0.25, -0.2) is 27.4 Å². The molecule has 11 nitrogen and oxygen atoms in total. The minimum Gasteiger partial charge on any atom is -0.478 e. The van der Waals surface area contributed by atoms with E-state index in [9.17, 15) is 27.6 Å². The molecule has 3 aromatic rings. The van der Waals surface area contributed by atoms with E-state index in [2.05, 4.69) is 15.3 Å². The number of pyridine rings is 1. The molecule has 14 heteroatoms. The van der Waals surface area contributed by atoms with Crippen molar-refractivity contribution in [2.45, 2.75) is 32.0 Å². The molecule has 0 fully saturated rings. The van der Waals surface area contributed by atoms with Crippen molar-refractivity contribution in [3.05, 3.63) is 77.4 Å². The third-order valence-corrected chi connectivity index (χ3v) is 5.40. The highest BCUT2D eigenvalue weighted by Crippen LogP contribution is 2.23. The lowest BCUT2D eigenvalue weighted by molar-refractivity contribution is -0.134. The average Bonchev–Trinajstić information content (AvgIpc) is 3.30. The van der Waals surface area contributed by atoms with Crippen LogP contribution < -0.4 is 5.73 Å². The molecule has 1 atom stereocenters. The van der Waals surface area contributed by atoms with Gasteiger partial charge in [-0.05, 0) is 30.2 Å². The molecule has 2 aromatic heterocycles. The van der Waals surface area contributed by atoms with Gasteiger partial charge in [-0.15, -0.1) is 5.10 Å². The van der Waals surface area contributed by atoms with Crippen molar-refractivity contribution >= 4 is 17.8 Å². The fourth-order valence-corrected chi connectivity index (χ4v) is 3.63. The fraction of sp³-hybridized carbons (Fsp3) is 0.250. The summed E-state index contributed by atoms with van der Waals surface area (Å²) in [5.41, 5.74) is 7.98. The van der Waals surface area contributed by atoms with Gasteiger partial charge in [0, 0.05) is 43.4 Å². The number of carboxylic acid groups (broad SMARTS) is 2. The van der Waals surface area contributed by atoms with Gasteiger partial charge < -0.3 is 20.8 Å². The van der Waals surface area contributed by atoms with E-state index in [0.29, 0.717) is 49.2 Å². The Balaban J connectivity index is 0.000000436. The molecule has 1 amide bonds. The van der Waals surface area contributed by atoms with Gasteiger partial charge in [0.15, 0.2) is 11.6 Å². The van der Waals surface area contributed by atoms with Crippen molar-refractivity contribution in [1.29, 1.82) is 0 Å². The van der Waals surface area contributed by atoms with Crippen LogP contribution in [0.1, 0.15) is 17.7 Å². The molecule has 1 aromatic carbocycles. The summed E-state index contributed by atoms with van der Waals surface area (Å²) in [6.45, 7) is 1.21. The zero-order chi connectivity index (χ0) is 27.8. The Morgan fingerprint density at radius 2 is 1.71 bits per heavy atom. The Labute approximate surface area is 214 Å². The van der Waals surface area contributed by atoms with Crippen LogP contribution in [0.3, 0.4) is 0 Å². The van der Waals surface area contributed by atoms with Crippen LogP contribution in [-0.2, 0) is 33.9 Å². The number of carboxylic acids is 2. The van der Waals surface area contributed by atoms with E-state index in [-0.39, 0.29) is 24.3 Å². The van der Waals surface area contributed by atoms with Gasteiger partial charge in [0.2, 0.25) is 5.91 Å². The number of nitrogens with two attached hydrogens (primary N) is 1. The lowest BCUT2D eigenvalue weighted by atomic mass is 10.0. The van der Waals surface area contributed by atoms with Gasteiger partial charge in [-0.2, -0.15) is 0 Å². The van der Waals surface area contributed by atoms with Crippen molar-refractivity contribution < 1.29 is 37.8 Å². The number of aromatic nitrogens is 4. The van der Waals surface area contributed by atoms with E-state index in [1.165, 1.54) is 0 Å². The maximum atomic E-state index is 13.8. The third-order valence-electron chi connectivity index (χ3n) is 5.40. The Bertz CT molecular complexity index is 1330. The quantitative estimate of drug-likeness (QED) is 0.304. The predicted molar refractivity (Wildman–Crippen MR) is 126 cm³/mol. The van der Waals surface area contributed by atoms with Crippen LogP contribution in [0.2, 0.25) is 0 Å². The molecular weight excluding hydrogens is 509 g/mol. The standard InChI is InChI=1S/C20H19F3N6O.C4H4O4/c21-14-10-16(23)15(22)8-12(14)7-13(24)9-19(30)28-5-6-29-18(11-28)20(26-27-29)17-3-1-2-4-25-17;5-3(6)1-2-4(7)8/h1-4,8,10,13H,5-7,9,11,24H2;1-2H,(H,5,6)(H,7,8)/b;2-1+/t13-;/m1./s1.